The van der Waals surface area contributed by atoms with Crippen molar-refractivity contribution >= 4 is 28.1 Å². The molecule has 6 heteroatoms. The molecular weight excluding hydrogens is 301 g/mol. The van der Waals surface area contributed by atoms with Crippen LogP contribution >= 0.6 is 11.6 Å². The Morgan fingerprint density at radius 1 is 1.30 bits per heavy atom. The number of rotatable bonds is 4. The van der Waals surface area contributed by atoms with Gasteiger partial charge in [0.2, 0.25) is 0 Å². The number of ether oxygens (including phenoxy) is 1. The first-order valence-electron chi connectivity index (χ1n) is 5.77. The molecule has 0 radical (unpaired) electrons. The predicted molar refractivity (Wildman–Crippen MR) is 78.9 cm³/mol. The van der Waals surface area contributed by atoms with Crippen LogP contribution in [0.3, 0.4) is 0 Å². The quantitative estimate of drug-likeness (QED) is 0.880. The van der Waals surface area contributed by atoms with Gasteiger partial charge in [0.05, 0.1) is 28.7 Å². The van der Waals surface area contributed by atoms with E-state index >= 15 is 0 Å². The average molecular weight is 314 g/mol. The molecule has 1 unspecified atom stereocenters. The van der Waals surface area contributed by atoms with Crippen molar-refractivity contribution in [1.29, 1.82) is 0 Å². The number of nitrogens with two attached hydrogens (primary N) is 1. The smallest absolute Gasteiger partial charge is 0.141 e. The van der Waals surface area contributed by atoms with Crippen molar-refractivity contribution in [3.8, 4) is 5.75 Å². The lowest BCUT2D eigenvalue weighted by Crippen LogP contribution is -2.00. The second-order valence-corrected chi connectivity index (χ2v) is 6.00. The predicted octanol–water partition coefficient (Wildman–Crippen LogP) is 3.38. The molecule has 2 aromatic rings. The minimum atomic E-state index is -1.34. The van der Waals surface area contributed by atoms with Gasteiger partial charge in [0.15, 0.2) is 0 Å². The highest BCUT2D eigenvalue weighted by molar-refractivity contribution is 7.84. The largest absolute Gasteiger partial charge is 0.496 e. The molecule has 0 heterocycles. The maximum absolute atomic E-state index is 13.1. The third-order valence-corrected chi connectivity index (χ3v) is 4.39. The van der Waals surface area contributed by atoms with Gasteiger partial charge < -0.3 is 10.5 Å². The van der Waals surface area contributed by atoms with Crippen LogP contribution in [0.25, 0.3) is 0 Å². The van der Waals surface area contributed by atoms with Gasteiger partial charge in [-0.05, 0) is 24.3 Å². The molecule has 106 valence electrons. The molecular formula is C14H13ClFNO2S. The summed E-state index contributed by atoms with van der Waals surface area (Å²) in [6.45, 7) is 0. The summed E-state index contributed by atoms with van der Waals surface area (Å²) in [6, 6.07) is 9.18. The summed E-state index contributed by atoms with van der Waals surface area (Å²) < 4.78 is 30.6. The van der Waals surface area contributed by atoms with E-state index in [0.29, 0.717) is 16.3 Å². The zero-order valence-corrected chi connectivity index (χ0v) is 12.3. The fraction of sp³-hybridized carbons (Fsp3) is 0.143. The fourth-order valence-electron chi connectivity index (χ4n) is 1.72. The van der Waals surface area contributed by atoms with Crippen LogP contribution in [0.5, 0.6) is 5.75 Å². The second-order valence-electron chi connectivity index (χ2n) is 4.14. The van der Waals surface area contributed by atoms with E-state index in [9.17, 15) is 8.60 Å². The van der Waals surface area contributed by atoms with Crippen molar-refractivity contribution in [2.75, 3.05) is 12.8 Å². The first-order valence-corrected chi connectivity index (χ1v) is 7.46. The van der Waals surface area contributed by atoms with Crippen LogP contribution in [-0.4, -0.2) is 11.3 Å². The van der Waals surface area contributed by atoms with Crippen molar-refractivity contribution in [2.24, 2.45) is 0 Å². The van der Waals surface area contributed by atoms with E-state index in [1.54, 1.807) is 18.2 Å². The number of benzene rings is 2. The second kappa shape index (κ2) is 6.24. The van der Waals surface area contributed by atoms with Gasteiger partial charge in [0.1, 0.15) is 11.6 Å². The molecule has 0 aromatic heterocycles. The van der Waals surface area contributed by atoms with Gasteiger partial charge in [0, 0.05) is 22.2 Å². The molecule has 1 atom stereocenters. The van der Waals surface area contributed by atoms with E-state index in [0.717, 1.165) is 5.56 Å². The lowest BCUT2D eigenvalue weighted by atomic mass is 10.2. The Kier molecular flexibility index (Phi) is 4.62. The van der Waals surface area contributed by atoms with Gasteiger partial charge in [-0.25, -0.2) is 4.39 Å². The lowest BCUT2D eigenvalue weighted by molar-refractivity contribution is 0.411. The molecule has 20 heavy (non-hydrogen) atoms. The van der Waals surface area contributed by atoms with Crippen LogP contribution in [0.1, 0.15) is 5.56 Å². The van der Waals surface area contributed by atoms with Crippen LogP contribution in [0.4, 0.5) is 10.1 Å². The number of nitrogen functional groups attached to an aromatic ring is 1. The highest BCUT2D eigenvalue weighted by Crippen LogP contribution is 2.25. The van der Waals surface area contributed by atoms with E-state index < -0.39 is 16.6 Å². The van der Waals surface area contributed by atoms with Gasteiger partial charge in [-0.3, -0.25) is 4.21 Å². The highest BCUT2D eigenvalue weighted by Gasteiger charge is 2.11. The maximum atomic E-state index is 13.1. The summed E-state index contributed by atoms with van der Waals surface area (Å²) in [5.74, 6) is 0.287. The van der Waals surface area contributed by atoms with Crippen molar-refractivity contribution in [2.45, 2.75) is 10.6 Å². The lowest BCUT2D eigenvalue weighted by Gasteiger charge is -2.09. The topological polar surface area (TPSA) is 52.3 Å². The SMILES string of the molecule is COc1cc(N)ccc1CS(=O)c1ccc(F)c(Cl)c1. The standard InChI is InChI=1S/C14H13ClFNO2S/c1-19-14-6-10(17)3-2-9(14)8-20(18)11-4-5-13(16)12(15)7-11/h2-7H,8,17H2,1H3. The zero-order chi connectivity index (χ0) is 14.7. The molecule has 0 spiro atoms. The normalized spacial score (nSPS) is 12.2. The molecule has 0 fully saturated rings. The van der Waals surface area contributed by atoms with Crippen LogP contribution in [0.15, 0.2) is 41.3 Å². The zero-order valence-electron chi connectivity index (χ0n) is 10.7. The van der Waals surface area contributed by atoms with Crippen LogP contribution in [0.2, 0.25) is 5.02 Å². The summed E-state index contributed by atoms with van der Waals surface area (Å²) in [6.07, 6.45) is 0. The molecule has 0 bridgehead atoms. The Hall–Kier alpha value is -1.59. The van der Waals surface area contributed by atoms with E-state index in [2.05, 4.69) is 0 Å². The number of halogens is 2. The Labute approximate surface area is 124 Å². The molecule has 0 saturated carbocycles. The first kappa shape index (κ1) is 14.8. The van der Waals surface area contributed by atoms with Gasteiger partial charge in [-0.1, -0.05) is 17.7 Å². The Bertz CT molecular complexity index is 664. The summed E-state index contributed by atoms with van der Waals surface area (Å²) >= 11 is 5.69. The van der Waals surface area contributed by atoms with Gasteiger partial charge in [-0.15, -0.1) is 0 Å². The van der Waals surface area contributed by atoms with Crippen LogP contribution in [-0.2, 0) is 16.6 Å². The van der Waals surface area contributed by atoms with Crippen molar-refractivity contribution in [3.63, 3.8) is 0 Å². The molecule has 0 aliphatic carbocycles. The Morgan fingerprint density at radius 2 is 2.05 bits per heavy atom. The summed E-state index contributed by atoms with van der Waals surface area (Å²) in [5, 5.41) is -0.0416. The molecule has 0 amide bonds. The van der Waals surface area contributed by atoms with Crippen molar-refractivity contribution in [1.82, 2.24) is 0 Å². The third kappa shape index (κ3) is 3.29. The maximum Gasteiger partial charge on any atom is 0.141 e. The average Bonchev–Trinajstić information content (AvgIpc) is 2.43. The minimum Gasteiger partial charge on any atom is -0.496 e. The number of methoxy groups -OCH3 is 1. The summed E-state index contributed by atoms with van der Waals surface area (Å²) in [4.78, 5) is 0.468. The van der Waals surface area contributed by atoms with E-state index in [1.807, 2.05) is 0 Å². The summed E-state index contributed by atoms with van der Waals surface area (Å²) in [7, 11) is 0.180. The van der Waals surface area contributed by atoms with Crippen molar-refractivity contribution < 1.29 is 13.3 Å². The molecule has 0 saturated heterocycles. The van der Waals surface area contributed by atoms with Gasteiger partial charge in [-0.2, -0.15) is 0 Å². The van der Waals surface area contributed by atoms with E-state index in [4.69, 9.17) is 22.1 Å². The number of hydrogen-bond donors (Lipinski definition) is 1. The Morgan fingerprint density at radius 3 is 2.70 bits per heavy atom. The minimum absolute atomic E-state index is 0.0416. The Balaban J connectivity index is 2.25. The van der Waals surface area contributed by atoms with Gasteiger partial charge >= 0.3 is 0 Å². The molecule has 0 aliphatic rings. The first-order chi connectivity index (χ1) is 9.51. The molecule has 2 N–H and O–H groups in total. The number of hydrogen-bond acceptors (Lipinski definition) is 3. The number of anilines is 1. The molecule has 0 aliphatic heterocycles. The van der Waals surface area contributed by atoms with Crippen LogP contribution < -0.4 is 10.5 Å². The van der Waals surface area contributed by atoms with Gasteiger partial charge in [0.25, 0.3) is 0 Å². The monoisotopic (exact) mass is 313 g/mol. The molecule has 3 nitrogen and oxygen atoms in total. The van der Waals surface area contributed by atoms with E-state index in [1.165, 1.54) is 25.3 Å². The molecule has 2 aromatic carbocycles. The van der Waals surface area contributed by atoms with Crippen LogP contribution in [0, 0.1) is 5.82 Å². The van der Waals surface area contributed by atoms with E-state index in [-0.39, 0.29) is 10.8 Å². The van der Waals surface area contributed by atoms with Crippen molar-refractivity contribution in [3.05, 3.63) is 52.8 Å². The molecule has 2 rings (SSSR count). The highest BCUT2D eigenvalue weighted by atomic mass is 35.5. The third-order valence-electron chi connectivity index (χ3n) is 2.75. The summed E-state index contributed by atoms with van der Waals surface area (Å²) in [5.41, 5.74) is 7.00. The fourth-order valence-corrected chi connectivity index (χ4v) is 3.13.